The lowest BCUT2D eigenvalue weighted by molar-refractivity contribution is -0.394. The Kier molecular flexibility index (Phi) is 2.94. The Hall–Kier alpha value is -2.48. The number of aromatic nitrogens is 2. The SMILES string of the molecule is O=[N+]([O-])c1cc([N+](=O)[O-])n(-c2ccc(Cl)cc2)n1. The van der Waals surface area contributed by atoms with Crippen molar-refractivity contribution in [2.75, 3.05) is 0 Å². The topological polar surface area (TPSA) is 104 Å². The zero-order valence-electron chi connectivity index (χ0n) is 8.69. The fourth-order valence-electron chi connectivity index (χ4n) is 1.35. The molecule has 0 aliphatic rings. The highest BCUT2D eigenvalue weighted by atomic mass is 35.5. The Labute approximate surface area is 105 Å². The first-order valence-electron chi connectivity index (χ1n) is 4.64. The summed E-state index contributed by atoms with van der Waals surface area (Å²) in [6.45, 7) is 0. The molecule has 2 aromatic rings. The molecule has 0 N–H and O–H groups in total. The molecular formula is C9H5ClN4O4. The molecule has 0 radical (unpaired) electrons. The Morgan fingerprint density at radius 3 is 2.22 bits per heavy atom. The summed E-state index contributed by atoms with van der Waals surface area (Å²) in [5.41, 5.74) is 0.319. The summed E-state index contributed by atoms with van der Waals surface area (Å²) < 4.78 is 0.883. The summed E-state index contributed by atoms with van der Waals surface area (Å²) in [5, 5.41) is 25.4. The predicted molar refractivity (Wildman–Crippen MR) is 61.9 cm³/mol. The van der Waals surface area contributed by atoms with Crippen LogP contribution in [0.3, 0.4) is 0 Å². The summed E-state index contributed by atoms with van der Waals surface area (Å²) in [5.74, 6) is -1.07. The number of halogens is 1. The highest BCUT2D eigenvalue weighted by Gasteiger charge is 2.29. The third kappa shape index (κ3) is 2.13. The molecule has 92 valence electrons. The standard InChI is InChI=1S/C9H5ClN4O4/c10-6-1-3-7(4-2-6)12-9(14(17)18)5-8(11-12)13(15)16/h1-5H. The number of hydrogen-bond acceptors (Lipinski definition) is 5. The van der Waals surface area contributed by atoms with Crippen LogP contribution in [-0.2, 0) is 0 Å². The molecule has 1 heterocycles. The lowest BCUT2D eigenvalue weighted by atomic mass is 10.3. The van der Waals surface area contributed by atoms with E-state index in [9.17, 15) is 20.2 Å². The van der Waals surface area contributed by atoms with Crippen LogP contribution in [0.2, 0.25) is 5.02 Å². The maximum Gasteiger partial charge on any atom is 0.420 e. The van der Waals surface area contributed by atoms with Gasteiger partial charge in [-0.05, 0) is 34.1 Å². The fraction of sp³-hybridized carbons (Fsp3) is 0. The third-order valence-electron chi connectivity index (χ3n) is 2.12. The number of nitro groups is 2. The van der Waals surface area contributed by atoms with Crippen molar-refractivity contribution in [2.45, 2.75) is 0 Å². The molecule has 9 heteroatoms. The van der Waals surface area contributed by atoms with Gasteiger partial charge in [-0.25, -0.2) is 0 Å². The molecule has 0 unspecified atom stereocenters. The minimum Gasteiger partial charge on any atom is -0.358 e. The van der Waals surface area contributed by atoms with Crippen molar-refractivity contribution in [3.63, 3.8) is 0 Å². The molecular weight excluding hydrogens is 264 g/mol. The van der Waals surface area contributed by atoms with Crippen LogP contribution in [0.25, 0.3) is 5.69 Å². The normalized spacial score (nSPS) is 10.3. The Morgan fingerprint density at radius 2 is 1.72 bits per heavy atom. The lowest BCUT2D eigenvalue weighted by Crippen LogP contribution is -2.02. The monoisotopic (exact) mass is 268 g/mol. The number of nitrogens with zero attached hydrogens (tertiary/aromatic N) is 4. The molecule has 0 spiro atoms. The van der Waals surface area contributed by atoms with Gasteiger partial charge in [-0.1, -0.05) is 11.6 Å². The minimum absolute atomic E-state index is 0.319. The molecule has 1 aromatic heterocycles. The lowest BCUT2D eigenvalue weighted by Gasteiger charge is -1.94. The number of hydrogen-bond donors (Lipinski definition) is 0. The van der Waals surface area contributed by atoms with Crippen molar-refractivity contribution >= 4 is 23.2 Å². The first-order valence-corrected chi connectivity index (χ1v) is 5.01. The van der Waals surface area contributed by atoms with Crippen LogP contribution < -0.4 is 0 Å². The van der Waals surface area contributed by atoms with Gasteiger partial charge in [0.25, 0.3) is 0 Å². The zero-order chi connectivity index (χ0) is 13.3. The molecule has 18 heavy (non-hydrogen) atoms. The summed E-state index contributed by atoms with van der Waals surface area (Å²) >= 11 is 5.69. The van der Waals surface area contributed by atoms with Gasteiger partial charge in [0.2, 0.25) is 0 Å². The summed E-state index contributed by atoms with van der Waals surface area (Å²) in [7, 11) is 0. The van der Waals surface area contributed by atoms with E-state index in [2.05, 4.69) is 5.10 Å². The molecule has 0 saturated heterocycles. The zero-order valence-corrected chi connectivity index (χ0v) is 9.44. The fourth-order valence-corrected chi connectivity index (χ4v) is 1.48. The van der Waals surface area contributed by atoms with Gasteiger partial charge in [0.05, 0.1) is 0 Å². The van der Waals surface area contributed by atoms with E-state index in [4.69, 9.17) is 11.6 Å². The summed E-state index contributed by atoms with van der Waals surface area (Å²) in [6, 6.07) is 6.77. The minimum atomic E-state index is -0.792. The number of rotatable bonds is 3. The van der Waals surface area contributed by atoms with Gasteiger partial charge in [0.15, 0.2) is 10.8 Å². The third-order valence-corrected chi connectivity index (χ3v) is 2.37. The molecule has 0 amide bonds. The summed E-state index contributed by atoms with van der Waals surface area (Å²) in [6.07, 6.45) is 0. The Balaban J connectivity index is 2.58. The van der Waals surface area contributed by atoms with Crippen molar-refractivity contribution in [1.82, 2.24) is 9.78 Å². The average Bonchev–Trinajstić information content (AvgIpc) is 2.75. The van der Waals surface area contributed by atoms with Crippen molar-refractivity contribution in [3.05, 3.63) is 55.6 Å². The van der Waals surface area contributed by atoms with Crippen LogP contribution in [0.1, 0.15) is 0 Å². The van der Waals surface area contributed by atoms with E-state index in [-0.39, 0.29) is 0 Å². The van der Waals surface area contributed by atoms with Crippen LogP contribution >= 0.6 is 11.6 Å². The van der Waals surface area contributed by atoms with Crippen molar-refractivity contribution in [3.8, 4) is 5.69 Å². The van der Waals surface area contributed by atoms with Crippen LogP contribution in [0, 0.1) is 20.2 Å². The van der Waals surface area contributed by atoms with Gasteiger partial charge < -0.3 is 20.2 Å². The van der Waals surface area contributed by atoms with Crippen molar-refractivity contribution < 1.29 is 9.85 Å². The first kappa shape index (κ1) is 12.0. The number of benzene rings is 1. The van der Waals surface area contributed by atoms with Gasteiger partial charge in [-0.3, -0.25) is 0 Å². The van der Waals surface area contributed by atoms with Crippen LogP contribution in [0.4, 0.5) is 11.6 Å². The van der Waals surface area contributed by atoms with Crippen LogP contribution in [-0.4, -0.2) is 19.6 Å². The second-order valence-corrected chi connectivity index (χ2v) is 3.70. The van der Waals surface area contributed by atoms with Gasteiger partial charge >= 0.3 is 11.6 Å². The van der Waals surface area contributed by atoms with E-state index in [0.29, 0.717) is 10.7 Å². The van der Waals surface area contributed by atoms with Crippen molar-refractivity contribution in [2.24, 2.45) is 0 Å². The van der Waals surface area contributed by atoms with Gasteiger partial charge in [0.1, 0.15) is 6.07 Å². The second kappa shape index (κ2) is 4.41. The predicted octanol–water partition coefficient (Wildman–Crippen LogP) is 2.34. The molecule has 1 aromatic carbocycles. The molecule has 8 nitrogen and oxygen atoms in total. The molecule has 2 rings (SSSR count). The average molecular weight is 269 g/mol. The smallest absolute Gasteiger partial charge is 0.358 e. The molecule has 0 atom stereocenters. The highest BCUT2D eigenvalue weighted by molar-refractivity contribution is 6.30. The van der Waals surface area contributed by atoms with Crippen LogP contribution in [0.15, 0.2) is 30.3 Å². The maximum atomic E-state index is 10.8. The Bertz CT molecular complexity index is 622. The molecule has 0 aliphatic heterocycles. The second-order valence-electron chi connectivity index (χ2n) is 3.26. The maximum absolute atomic E-state index is 10.8. The highest BCUT2D eigenvalue weighted by Crippen LogP contribution is 2.23. The van der Waals surface area contributed by atoms with Crippen LogP contribution in [0.5, 0.6) is 0 Å². The molecule has 0 saturated carbocycles. The van der Waals surface area contributed by atoms with E-state index in [1.807, 2.05) is 0 Å². The van der Waals surface area contributed by atoms with E-state index < -0.39 is 21.5 Å². The quantitative estimate of drug-likeness (QED) is 0.627. The van der Waals surface area contributed by atoms with Gasteiger partial charge in [-0.15, -0.1) is 0 Å². The van der Waals surface area contributed by atoms with Gasteiger partial charge in [-0.2, -0.15) is 0 Å². The van der Waals surface area contributed by atoms with Gasteiger partial charge in [0, 0.05) is 9.70 Å². The van der Waals surface area contributed by atoms with E-state index in [1.165, 1.54) is 24.3 Å². The van der Waals surface area contributed by atoms with Crippen molar-refractivity contribution in [1.29, 1.82) is 0 Å². The summed E-state index contributed by atoms with van der Waals surface area (Å²) in [4.78, 5) is 19.8. The van der Waals surface area contributed by atoms with E-state index in [1.54, 1.807) is 0 Å². The molecule has 0 aliphatic carbocycles. The van der Waals surface area contributed by atoms with E-state index >= 15 is 0 Å². The largest absolute Gasteiger partial charge is 0.420 e. The molecule has 0 bridgehead atoms. The first-order chi connectivity index (χ1) is 8.49. The Morgan fingerprint density at radius 1 is 1.11 bits per heavy atom. The van der Waals surface area contributed by atoms with E-state index in [0.717, 1.165) is 10.7 Å². The molecule has 0 fully saturated rings.